The molecule has 2 aromatic carbocycles. The second-order valence-corrected chi connectivity index (χ2v) is 7.27. The number of nitrogens with zero attached hydrogens (tertiary/aromatic N) is 2. The molecule has 0 spiro atoms. The minimum Gasteiger partial charge on any atom is -0.338 e. The molecule has 3 aromatic rings. The molecule has 1 aromatic heterocycles. The molecule has 0 saturated heterocycles. The van der Waals surface area contributed by atoms with Gasteiger partial charge in [0.2, 0.25) is 5.91 Å². The van der Waals surface area contributed by atoms with Gasteiger partial charge in [-0.25, -0.2) is 4.98 Å². The van der Waals surface area contributed by atoms with E-state index in [-0.39, 0.29) is 5.91 Å². The fourth-order valence-corrected chi connectivity index (χ4v) is 3.17. The maximum Gasteiger partial charge on any atom is 0.223 e. The number of H-pyrrole nitrogens is 1. The molecule has 1 unspecified atom stereocenters. The van der Waals surface area contributed by atoms with Crippen LogP contribution >= 0.6 is 11.6 Å². The van der Waals surface area contributed by atoms with Crippen molar-refractivity contribution in [1.29, 1.82) is 0 Å². The topological polar surface area (TPSA) is 66.1 Å². The molecule has 1 heterocycles. The van der Waals surface area contributed by atoms with Gasteiger partial charge in [-0.15, -0.1) is 0 Å². The predicted molar refractivity (Wildman–Crippen MR) is 98.0 cm³/mol. The van der Waals surface area contributed by atoms with Crippen LogP contribution in [0.4, 0.5) is 5.69 Å². The molecule has 1 atom stereocenters. The van der Waals surface area contributed by atoms with Gasteiger partial charge in [0.25, 0.3) is 0 Å². The second kappa shape index (κ2) is 6.37. The monoisotopic (exact) mass is 361 g/mol. The molecular weight excluding hydrogens is 346 g/mol. The predicted octanol–water partition coefficient (Wildman–Crippen LogP) is 3.60. The lowest BCUT2D eigenvalue weighted by Gasteiger charge is -2.18. The van der Waals surface area contributed by atoms with Crippen molar-refractivity contribution in [3.05, 3.63) is 41.4 Å². The van der Waals surface area contributed by atoms with Gasteiger partial charge in [0.15, 0.2) is 0 Å². The van der Waals surface area contributed by atoms with Crippen LogP contribution in [0.15, 0.2) is 41.3 Å². The normalized spacial score (nSPS) is 12.3. The third-order valence-corrected chi connectivity index (χ3v) is 4.99. The SMILES string of the molecule is CC(=O)N(C)c1ccc(S(C)=O)cc1-c1nc2ccc(Cl)cc2[nH]1. The molecule has 0 aliphatic rings. The Hall–Kier alpha value is -2.18. The first-order valence-corrected chi connectivity index (χ1v) is 9.18. The largest absolute Gasteiger partial charge is 0.338 e. The number of imidazole rings is 1. The van der Waals surface area contributed by atoms with Crippen LogP contribution in [-0.4, -0.2) is 33.4 Å². The summed E-state index contributed by atoms with van der Waals surface area (Å²) in [6.45, 7) is 1.49. The molecule has 7 heteroatoms. The number of carbonyl (C=O) groups excluding carboxylic acids is 1. The average molecular weight is 362 g/mol. The fourth-order valence-electron chi connectivity index (χ4n) is 2.46. The van der Waals surface area contributed by atoms with E-state index in [4.69, 9.17) is 11.6 Å². The van der Waals surface area contributed by atoms with Gasteiger partial charge in [0.1, 0.15) is 5.82 Å². The summed E-state index contributed by atoms with van der Waals surface area (Å²) in [5.74, 6) is 0.503. The molecule has 0 aliphatic carbocycles. The van der Waals surface area contributed by atoms with E-state index in [2.05, 4.69) is 9.97 Å². The van der Waals surface area contributed by atoms with Crippen LogP contribution in [0, 0.1) is 0 Å². The Morgan fingerprint density at radius 3 is 2.67 bits per heavy atom. The smallest absolute Gasteiger partial charge is 0.223 e. The van der Waals surface area contributed by atoms with Crippen LogP contribution in [0.2, 0.25) is 5.02 Å². The molecule has 24 heavy (non-hydrogen) atoms. The van der Waals surface area contributed by atoms with Gasteiger partial charge in [-0.1, -0.05) is 11.6 Å². The highest BCUT2D eigenvalue weighted by Crippen LogP contribution is 2.32. The first-order valence-electron chi connectivity index (χ1n) is 7.24. The quantitative estimate of drug-likeness (QED) is 0.775. The molecule has 1 N–H and O–H groups in total. The van der Waals surface area contributed by atoms with E-state index < -0.39 is 10.8 Å². The molecular formula is C17H16ClN3O2S. The number of halogens is 1. The molecule has 0 aliphatic heterocycles. The number of hydrogen-bond acceptors (Lipinski definition) is 3. The molecule has 124 valence electrons. The van der Waals surface area contributed by atoms with E-state index in [1.54, 1.807) is 43.6 Å². The van der Waals surface area contributed by atoms with Crippen molar-refractivity contribution in [2.24, 2.45) is 0 Å². The number of amides is 1. The molecule has 0 saturated carbocycles. The van der Waals surface area contributed by atoms with Gasteiger partial charge < -0.3 is 9.88 Å². The third-order valence-electron chi connectivity index (χ3n) is 3.83. The van der Waals surface area contributed by atoms with E-state index in [1.165, 1.54) is 11.8 Å². The molecule has 0 fully saturated rings. The van der Waals surface area contributed by atoms with E-state index in [9.17, 15) is 9.00 Å². The lowest BCUT2D eigenvalue weighted by Crippen LogP contribution is -2.23. The van der Waals surface area contributed by atoms with Crippen molar-refractivity contribution in [1.82, 2.24) is 9.97 Å². The van der Waals surface area contributed by atoms with Crippen molar-refractivity contribution < 1.29 is 9.00 Å². The number of fused-ring (bicyclic) bond motifs is 1. The van der Waals surface area contributed by atoms with Crippen molar-refractivity contribution in [2.75, 3.05) is 18.2 Å². The van der Waals surface area contributed by atoms with Crippen LogP contribution < -0.4 is 4.90 Å². The minimum absolute atomic E-state index is 0.0965. The Morgan fingerprint density at radius 2 is 2.00 bits per heavy atom. The van der Waals surface area contributed by atoms with Crippen molar-refractivity contribution >= 4 is 45.0 Å². The summed E-state index contributed by atoms with van der Waals surface area (Å²) >= 11 is 6.02. The number of benzene rings is 2. The number of carbonyl (C=O) groups is 1. The molecule has 3 rings (SSSR count). The number of aromatic nitrogens is 2. The van der Waals surface area contributed by atoms with Crippen molar-refractivity contribution in [2.45, 2.75) is 11.8 Å². The zero-order chi connectivity index (χ0) is 17.4. The Kier molecular flexibility index (Phi) is 4.43. The van der Waals surface area contributed by atoms with Gasteiger partial charge >= 0.3 is 0 Å². The molecule has 0 radical (unpaired) electrons. The van der Waals surface area contributed by atoms with Crippen LogP contribution in [0.25, 0.3) is 22.4 Å². The van der Waals surface area contributed by atoms with E-state index in [0.717, 1.165) is 11.0 Å². The summed E-state index contributed by atoms with van der Waals surface area (Å²) in [4.78, 5) is 21.8. The van der Waals surface area contributed by atoms with Crippen LogP contribution in [0.3, 0.4) is 0 Å². The van der Waals surface area contributed by atoms with Gasteiger partial charge in [0, 0.05) is 46.5 Å². The van der Waals surface area contributed by atoms with Gasteiger partial charge in [0.05, 0.1) is 16.7 Å². The number of rotatable bonds is 3. The molecule has 0 bridgehead atoms. The number of aromatic amines is 1. The van der Waals surface area contributed by atoms with Gasteiger partial charge in [-0.3, -0.25) is 9.00 Å². The first kappa shape index (κ1) is 16.7. The Morgan fingerprint density at radius 1 is 1.25 bits per heavy atom. The average Bonchev–Trinajstić information content (AvgIpc) is 2.96. The summed E-state index contributed by atoms with van der Waals surface area (Å²) < 4.78 is 11.8. The second-order valence-electron chi connectivity index (χ2n) is 5.46. The summed E-state index contributed by atoms with van der Waals surface area (Å²) in [5.41, 5.74) is 2.99. The first-order chi connectivity index (χ1) is 11.4. The Labute approximate surface area is 147 Å². The highest BCUT2D eigenvalue weighted by Gasteiger charge is 2.17. The van der Waals surface area contributed by atoms with Gasteiger partial charge in [-0.05, 0) is 36.4 Å². The molecule has 5 nitrogen and oxygen atoms in total. The summed E-state index contributed by atoms with van der Waals surface area (Å²) in [5, 5.41) is 0.613. The third kappa shape index (κ3) is 3.07. The minimum atomic E-state index is -1.13. The zero-order valence-electron chi connectivity index (χ0n) is 13.5. The lowest BCUT2D eigenvalue weighted by molar-refractivity contribution is -0.116. The number of nitrogens with one attached hydrogen (secondary N) is 1. The highest BCUT2D eigenvalue weighted by atomic mass is 35.5. The number of anilines is 1. The summed E-state index contributed by atoms with van der Waals surface area (Å²) in [6, 6.07) is 10.7. The maximum absolute atomic E-state index is 11.8. The highest BCUT2D eigenvalue weighted by molar-refractivity contribution is 7.84. The number of hydrogen-bond donors (Lipinski definition) is 1. The van der Waals surface area contributed by atoms with Gasteiger partial charge in [-0.2, -0.15) is 0 Å². The summed E-state index contributed by atoms with van der Waals surface area (Å²) in [6.07, 6.45) is 1.62. The van der Waals surface area contributed by atoms with Crippen molar-refractivity contribution in [3.8, 4) is 11.4 Å². The molecule has 1 amide bonds. The Balaban J connectivity index is 2.23. The zero-order valence-corrected chi connectivity index (χ0v) is 15.0. The Bertz CT molecular complexity index is 968. The fraction of sp³-hybridized carbons (Fsp3) is 0.176. The summed E-state index contributed by atoms with van der Waals surface area (Å²) in [7, 11) is 0.565. The van der Waals surface area contributed by atoms with Crippen molar-refractivity contribution in [3.63, 3.8) is 0 Å². The standard InChI is InChI=1S/C17H16ClN3O2S/c1-10(22)21(2)16-7-5-12(24(3)23)9-13(16)17-19-14-6-4-11(18)8-15(14)20-17/h4-9H,1-3H3,(H,19,20). The lowest BCUT2D eigenvalue weighted by atomic mass is 10.1. The van der Waals surface area contributed by atoms with Crippen LogP contribution in [0.1, 0.15) is 6.92 Å². The van der Waals surface area contributed by atoms with E-state index in [0.29, 0.717) is 27.0 Å². The van der Waals surface area contributed by atoms with Crippen LogP contribution in [0.5, 0.6) is 0 Å². The maximum atomic E-state index is 11.8. The van der Waals surface area contributed by atoms with E-state index in [1.807, 2.05) is 6.07 Å². The van der Waals surface area contributed by atoms with E-state index >= 15 is 0 Å². The van der Waals surface area contributed by atoms with Crippen LogP contribution in [-0.2, 0) is 15.6 Å².